The fraction of sp³-hybridized carbons (Fsp3) is 0.200. The SMILES string of the molecule is Cc1c(CNc2nccc3c(Br)cccc23)cnn1C. The maximum atomic E-state index is 4.44. The van der Waals surface area contributed by atoms with Crippen LogP contribution in [0.3, 0.4) is 0 Å². The number of halogens is 1. The van der Waals surface area contributed by atoms with Crippen molar-refractivity contribution in [2.75, 3.05) is 5.32 Å². The molecule has 0 saturated carbocycles. The molecule has 0 saturated heterocycles. The van der Waals surface area contributed by atoms with Crippen LogP contribution in [0.4, 0.5) is 5.82 Å². The van der Waals surface area contributed by atoms with Crippen LogP contribution in [0.1, 0.15) is 11.3 Å². The van der Waals surface area contributed by atoms with Crippen LogP contribution in [0.5, 0.6) is 0 Å². The minimum Gasteiger partial charge on any atom is -0.365 e. The van der Waals surface area contributed by atoms with Gasteiger partial charge in [0.15, 0.2) is 0 Å². The Balaban J connectivity index is 1.92. The van der Waals surface area contributed by atoms with Gasteiger partial charge in [-0.15, -0.1) is 0 Å². The number of anilines is 1. The molecule has 0 radical (unpaired) electrons. The second-order valence-electron chi connectivity index (χ2n) is 4.73. The first kappa shape index (κ1) is 13.1. The van der Waals surface area contributed by atoms with Crippen molar-refractivity contribution >= 4 is 32.5 Å². The molecule has 0 aliphatic heterocycles. The van der Waals surface area contributed by atoms with Crippen LogP contribution in [-0.2, 0) is 13.6 Å². The monoisotopic (exact) mass is 330 g/mol. The first-order valence-corrected chi connectivity index (χ1v) is 7.20. The van der Waals surface area contributed by atoms with Crippen LogP contribution in [0.2, 0.25) is 0 Å². The Labute approximate surface area is 126 Å². The van der Waals surface area contributed by atoms with Crippen molar-refractivity contribution in [2.45, 2.75) is 13.5 Å². The number of fused-ring (bicyclic) bond motifs is 1. The number of nitrogens with zero attached hydrogens (tertiary/aromatic N) is 3. The lowest BCUT2D eigenvalue weighted by Crippen LogP contribution is -2.03. The van der Waals surface area contributed by atoms with E-state index in [0.29, 0.717) is 0 Å². The Morgan fingerprint density at radius 1 is 1.25 bits per heavy atom. The minimum absolute atomic E-state index is 0.721. The van der Waals surface area contributed by atoms with Crippen molar-refractivity contribution in [1.82, 2.24) is 14.8 Å². The highest BCUT2D eigenvalue weighted by atomic mass is 79.9. The first-order chi connectivity index (χ1) is 9.66. The fourth-order valence-corrected chi connectivity index (χ4v) is 2.70. The van der Waals surface area contributed by atoms with E-state index in [0.717, 1.165) is 27.6 Å². The zero-order valence-corrected chi connectivity index (χ0v) is 13.0. The van der Waals surface area contributed by atoms with Crippen LogP contribution in [-0.4, -0.2) is 14.8 Å². The van der Waals surface area contributed by atoms with Gasteiger partial charge in [-0.25, -0.2) is 4.98 Å². The van der Waals surface area contributed by atoms with Crippen molar-refractivity contribution in [3.05, 3.63) is 52.4 Å². The van der Waals surface area contributed by atoms with Crippen molar-refractivity contribution < 1.29 is 0 Å². The van der Waals surface area contributed by atoms with Crippen LogP contribution in [0, 0.1) is 6.92 Å². The van der Waals surface area contributed by atoms with Gasteiger partial charge < -0.3 is 5.32 Å². The zero-order chi connectivity index (χ0) is 14.1. The Bertz CT molecular complexity index is 764. The van der Waals surface area contributed by atoms with Crippen LogP contribution < -0.4 is 5.32 Å². The van der Waals surface area contributed by atoms with E-state index in [9.17, 15) is 0 Å². The summed E-state index contributed by atoms with van der Waals surface area (Å²) in [4.78, 5) is 4.44. The number of aryl methyl sites for hydroxylation is 1. The normalized spacial score (nSPS) is 10.9. The molecule has 0 atom stereocenters. The number of benzene rings is 1. The molecule has 0 unspecified atom stereocenters. The van der Waals surface area contributed by atoms with Gasteiger partial charge in [-0.2, -0.15) is 5.10 Å². The molecule has 0 spiro atoms. The topological polar surface area (TPSA) is 42.7 Å². The molecule has 20 heavy (non-hydrogen) atoms. The van der Waals surface area contributed by atoms with Gasteiger partial charge in [0, 0.05) is 46.3 Å². The van der Waals surface area contributed by atoms with E-state index in [1.54, 1.807) is 0 Å². The molecule has 0 fully saturated rings. The third-order valence-corrected chi connectivity index (χ3v) is 4.23. The van der Waals surface area contributed by atoms with E-state index in [-0.39, 0.29) is 0 Å². The molecule has 3 aromatic rings. The van der Waals surface area contributed by atoms with Crippen molar-refractivity contribution in [1.29, 1.82) is 0 Å². The third-order valence-electron chi connectivity index (χ3n) is 3.54. The van der Waals surface area contributed by atoms with E-state index >= 15 is 0 Å². The fourth-order valence-electron chi connectivity index (χ4n) is 2.21. The predicted molar refractivity (Wildman–Crippen MR) is 84.7 cm³/mol. The number of rotatable bonds is 3. The second kappa shape index (κ2) is 5.25. The number of pyridine rings is 1. The summed E-state index contributed by atoms with van der Waals surface area (Å²) in [6, 6.07) is 8.15. The van der Waals surface area contributed by atoms with Gasteiger partial charge in [-0.3, -0.25) is 4.68 Å². The molecule has 4 nitrogen and oxygen atoms in total. The Hall–Kier alpha value is -1.88. The van der Waals surface area contributed by atoms with Crippen LogP contribution >= 0.6 is 15.9 Å². The molecule has 0 aliphatic carbocycles. The van der Waals surface area contributed by atoms with Crippen LogP contribution in [0.25, 0.3) is 10.8 Å². The molecule has 2 heterocycles. The van der Waals surface area contributed by atoms with Gasteiger partial charge >= 0.3 is 0 Å². The highest BCUT2D eigenvalue weighted by molar-refractivity contribution is 9.10. The summed E-state index contributed by atoms with van der Waals surface area (Å²) in [5.74, 6) is 0.895. The van der Waals surface area contributed by atoms with E-state index in [1.807, 2.05) is 42.3 Å². The van der Waals surface area contributed by atoms with Gasteiger partial charge in [-0.05, 0) is 19.1 Å². The van der Waals surface area contributed by atoms with Gasteiger partial charge in [-0.1, -0.05) is 28.1 Å². The van der Waals surface area contributed by atoms with Gasteiger partial charge in [0.2, 0.25) is 0 Å². The molecular weight excluding hydrogens is 316 g/mol. The number of hydrogen-bond acceptors (Lipinski definition) is 3. The Morgan fingerprint density at radius 3 is 2.85 bits per heavy atom. The summed E-state index contributed by atoms with van der Waals surface area (Å²) in [6.45, 7) is 2.79. The van der Waals surface area contributed by atoms with E-state index in [2.05, 4.69) is 44.3 Å². The molecule has 2 aromatic heterocycles. The maximum Gasteiger partial charge on any atom is 0.134 e. The lowest BCUT2D eigenvalue weighted by molar-refractivity contribution is 0.738. The first-order valence-electron chi connectivity index (χ1n) is 6.41. The van der Waals surface area contributed by atoms with E-state index < -0.39 is 0 Å². The van der Waals surface area contributed by atoms with Gasteiger partial charge in [0.25, 0.3) is 0 Å². The van der Waals surface area contributed by atoms with Gasteiger partial charge in [0.1, 0.15) is 5.82 Å². The number of hydrogen-bond donors (Lipinski definition) is 1. The smallest absolute Gasteiger partial charge is 0.134 e. The molecule has 0 bridgehead atoms. The van der Waals surface area contributed by atoms with Gasteiger partial charge in [0.05, 0.1) is 6.20 Å². The van der Waals surface area contributed by atoms with E-state index in [4.69, 9.17) is 0 Å². The summed E-state index contributed by atoms with van der Waals surface area (Å²) < 4.78 is 2.96. The molecule has 0 amide bonds. The molecule has 5 heteroatoms. The lowest BCUT2D eigenvalue weighted by atomic mass is 10.1. The summed E-state index contributed by atoms with van der Waals surface area (Å²) >= 11 is 3.57. The third kappa shape index (κ3) is 2.29. The van der Waals surface area contributed by atoms with Crippen molar-refractivity contribution in [3.63, 3.8) is 0 Å². The number of nitrogens with one attached hydrogen (secondary N) is 1. The maximum absolute atomic E-state index is 4.44. The van der Waals surface area contributed by atoms with Crippen LogP contribution in [0.15, 0.2) is 41.1 Å². The Kier molecular flexibility index (Phi) is 3.44. The summed E-state index contributed by atoms with van der Waals surface area (Å²) in [7, 11) is 1.95. The van der Waals surface area contributed by atoms with Crippen molar-refractivity contribution in [2.24, 2.45) is 7.05 Å². The minimum atomic E-state index is 0.721. The molecule has 1 aromatic carbocycles. The average molecular weight is 331 g/mol. The lowest BCUT2D eigenvalue weighted by Gasteiger charge is -2.09. The molecule has 102 valence electrons. The second-order valence-corrected chi connectivity index (χ2v) is 5.58. The molecular formula is C15H15BrN4. The highest BCUT2D eigenvalue weighted by Crippen LogP contribution is 2.27. The largest absolute Gasteiger partial charge is 0.365 e. The van der Waals surface area contributed by atoms with E-state index in [1.165, 1.54) is 11.3 Å². The molecule has 3 rings (SSSR count). The Morgan fingerprint density at radius 2 is 2.10 bits per heavy atom. The summed E-state index contributed by atoms with van der Waals surface area (Å²) in [6.07, 6.45) is 3.72. The zero-order valence-electron chi connectivity index (χ0n) is 11.4. The predicted octanol–water partition coefficient (Wildman–Crippen LogP) is 3.65. The molecule has 1 N–H and O–H groups in total. The standard InChI is InChI=1S/C15H15BrN4/c1-10-11(9-19-20(10)2)8-18-15-13-4-3-5-14(16)12(13)6-7-17-15/h3-7,9H,8H2,1-2H3,(H,17,18). The van der Waals surface area contributed by atoms with Crippen molar-refractivity contribution in [3.8, 4) is 0 Å². The molecule has 0 aliphatic rings. The summed E-state index contributed by atoms with van der Waals surface area (Å²) in [5.41, 5.74) is 2.35. The highest BCUT2D eigenvalue weighted by Gasteiger charge is 2.07. The average Bonchev–Trinajstić information content (AvgIpc) is 2.77. The quantitative estimate of drug-likeness (QED) is 0.797. The summed E-state index contributed by atoms with van der Waals surface area (Å²) in [5, 5.41) is 9.93. The number of aromatic nitrogens is 3.